The van der Waals surface area contributed by atoms with E-state index in [-0.39, 0.29) is 28.6 Å². The van der Waals surface area contributed by atoms with Gasteiger partial charge in [-0.05, 0) is 36.5 Å². The van der Waals surface area contributed by atoms with E-state index in [4.69, 9.17) is 32.7 Å². The van der Waals surface area contributed by atoms with Crippen molar-refractivity contribution in [3.63, 3.8) is 0 Å². The highest BCUT2D eigenvalue weighted by molar-refractivity contribution is 6.58. The number of halogens is 7. The third kappa shape index (κ3) is 4.19. The first kappa shape index (κ1) is 32.8. The molecule has 2 aromatic carbocycles. The number of amides is 4. The van der Waals surface area contributed by atoms with Crippen molar-refractivity contribution in [1.82, 2.24) is 4.90 Å². The van der Waals surface area contributed by atoms with Gasteiger partial charge in [-0.3, -0.25) is 24.1 Å². The van der Waals surface area contributed by atoms with Crippen LogP contribution in [0.5, 0.6) is 17.2 Å². The van der Waals surface area contributed by atoms with Gasteiger partial charge < -0.3 is 14.6 Å². The van der Waals surface area contributed by atoms with Crippen molar-refractivity contribution in [2.45, 2.75) is 22.6 Å². The standard InChI is InChI=1S/C31H23Cl2F5N2O7/c1-39-26(42)13-6-5-12-14(18(13)27(39)43)10-30(32)28(44)40(24-22(37)20(35)19(34)21(36)23(24)38)29(45)31(30,33)15(12)7-4-11-8-16(46-2)25(41)17(9-11)47-3/h4-5,7-9,13-15,18,41H,6,10H2,1-3H3/t13-,14+,15-,18-,30+,31-/m0/s1. The minimum Gasteiger partial charge on any atom is -0.502 e. The van der Waals surface area contributed by atoms with Crippen LogP contribution in [0.25, 0.3) is 6.08 Å². The summed E-state index contributed by atoms with van der Waals surface area (Å²) in [6.07, 6.45) is 3.72. The van der Waals surface area contributed by atoms with E-state index in [1.54, 1.807) is 6.08 Å². The molecule has 2 aromatic rings. The molecule has 248 valence electrons. The average molecular weight is 701 g/mol. The van der Waals surface area contributed by atoms with Gasteiger partial charge in [0.15, 0.2) is 44.5 Å². The fourth-order valence-electron chi connectivity index (χ4n) is 7.19. The van der Waals surface area contributed by atoms with Gasteiger partial charge in [-0.15, -0.1) is 23.2 Å². The SMILES string of the molecule is COc1cc(C=C[C@H]2C3=CC[C@@H]4C(=O)N(C)C(=O)[C@@H]4[C@@H]3C[C@@]3(Cl)C(=O)N(c4c(F)c(F)c(F)c(F)c4F)C(=O)[C@@]23Cl)cc(OC)c1O. The maximum Gasteiger partial charge on any atom is 0.258 e. The molecule has 6 rings (SSSR count). The number of allylic oxidation sites excluding steroid dienone is 3. The summed E-state index contributed by atoms with van der Waals surface area (Å²) < 4.78 is 83.0. The molecule has 2 saturated heterocycles. The number of ether oxygens (including phenoxy) is 2. The van der Waals surface area contributed by atoms with Gasteiger partial charge in [0.05, 0.1) is 26.1 Å². The number of phenols is 1. The summed E-state index contributed by atoms with van der Waals surface area (Å²) in [5.41, 5.74) is -1.26. The molecule has 2 aliphatic carbocycles. The summed E-state index contributed by atoms with van der Waals surface area (Å²) in [4.78, 5) is 49.9. The van der Waals surface area contributed by atoms with Crippen LogP contribution in [0.2, 0.25) is 0 Å². The number of nitrogens with zero attached hydrogens (tertiary/aromatic N) is 2. The molecule has 4 amide bonds. The fourth-order valence-corrected chi connectivity index (χ4v) is 8.08. The second kappa shape index (κ2) is 10.9. The lowest BCUT2D eigenvalue weighted by molar-refractivity contribution is -0.138. The first-order valence-corrected chi connectivity index (χ1v) is 14.7. The lowest BCUT2D eigenvalue weighted by atomic mass is 9.57. The van der Waals surface area contributed by atoms with Gasteiger partial charge in [0.1, 0.15) is 5.69 Å². The lowest BCUT2D eigenvalue weighted by Gasteiger charge is -2.49. The summed E-state index contributed by atoms with van der Waals surface area (Å²) in [7, 11) is 3.84. The quantitative estimate of drug-likeness (QED) is 0.119. The summed E-state index contributed by atoms with van der Waals surface area (Å²) in [5.74, 6) is -21.2. The molecule has 3 fully saturated rings. The van der Waals surface area contributed by atoms with Crippen molar-refractivity contribution >= 4 is 58.6 Å². The molecule has 0 unspecified atom stereocenters. The number of hydrogen-bond donors (Lipinski definition) is 1. The molecule has 16 heteroatoms. The molecule has 0 bridgehead atoms. The minimum atomic E-state index is -2.64. The normalized spacial score (nSPS) is 30.1. The van der Waals surface area contributed by atoms with E-state index >= 15 is 8.78 Å². The number of imide groups is 2. The van der Waals surface area contributed by atoms with E-state index in [0.29, 0.717) is 11.1 Å². The molecular weight excluding hydrogens is 678 g/mol. The third-order valence-corrected chi connectivity index (χ3v) is 10.9. The number of rotatable bonds is 5. The zero-order valence-electron chi connectivity index (χ0n) is 24.5. The minimum absolute atomic E-state index is 0.0137. The van der Waals surface area contributed by atoms with Crippen LogP contribution < -0.4 is 14.4 Å². The molecule has 6 atom stereocenters. The Morgan fingerprint density at radius 3 is 1.98 bits per heavy atom. The van der Waals surface area contributed by atoms with Crippen molar-refractivity contribution in [2.24, 2.45) is 23.7 Å². The van der Waals surface area contributed by atoms with Crippen LogP contribution in [-0.2, 0) is 19.2 Å². The van der Waals surface area contributed by atoms with Crippen molar-refractivity contribution in [1.29, 1.82) is 0 Å². The van der Waals surface area contributed by atoms with E-state index in [1.165, 1.54) is 45.6 Å². The van der Waals surface area contributed by atoms with Crippen molar-refractivity contribution in [2.75, 3.05) is 26.2 Å². The Morgan fingerprint density at radius 2 is 1.43 bits per heavy atom. The van der Waals surface area contributed by atoms with Crippen molar-refractivity contribution in [3.05, 3.63) is 64.5 Å². The van der Waals surface area contributed by atoms with E-state index in [9.17, 15) is 37.5 Å². The Hall–Kier alpha value is -4.17. The predicted molar refractivity (Wildman–Crippen MR) is 155 cm³/mol. The molecule has 9 nitrogen and oxygen atoms in total. The second-order valence-electron chi connectivity index (χ2n) is 11.6. The van der Waals surface area contributed by atoms with E-state index < -0.39 is 98.2 Å². The summed E-state index contributed by atoms with van der Waals surface area (Å²) in [5, 5.41) is 10.3. The highest BCUT2D eigenvalue weighted by Crippen LogP contribution is 2.63. The predicted octanol–water partition coefficient (Wildman–Crippen LogP) is 4.84. The maximum atomic E-state index is 15.1. The number of methoxy groups -OCH3 is 2. The Kier molecular flexibility index (Phi) is 7.63. The van der Waals surface area contributed by atoms with Crippen LogP contribution in [0, 0.1) is 52.8 Å². The molecule has 0 spiro atoms. The van der Waals surface area contributed by atoms with Gasteiger partial charge in [0, 0.05) is 13.0 Å². The third-order valence-electron chi connectivity index (χ3n) is 9.48. The molecule has 0 radical (unpaired) electrons. The lowest BCUT2D eigenvalue weighted by Crippen LogP contribution is -2.60. The highest BCUT2D eigenvalue weighted by atomic mass is 35.5. The van der Waals surface area contributed by atoms with Crippen molar-refractivity contribution in [3.8, 4) is 17.2 Å². The van der Waals surface area contributed by atoms with Gasteiger partial charge in [0.2, 0.25) is 23.4 Å². The van der Waals surface area contributed by atoms with Gasteiger partial charge in [-0.25, -0.2) is 26.9 Å². The van der Waals surface area contributed by atoms with Gasteiger partial charge in [-0.2, -0.15) is 0 Å². The van der Waals surface area contributed by atoms with Gasteiger partial charge in [0.25, 0.3) is 11.8 Å². The highest BCUT2D eigenvalue weighted by Gasteiger charge is 2.76. The van der Waals surface area contributed by atoms with Gasteiger partial charge >= 0.3 is 0 Å². The number of carbonyl (C=O) groups is 4. The second-order valence-corrected chi connectivity index (χ2v) is 12.8. The molecule has 4 aliphatic rings. The largest absolute Gasteiger partial charge is 0.502 e. The van der Waals surface area contributed by atoms with E-state index in [2.05, 4.69) is 0 Å². The van der Waals surface area contributed by atoms with E-state index in [0.717, 1.165) is 4.90 Å². The Bertz CT molecular complexity index is 1820. The molecular formula is C31H23Cl2F5N2O7. The zero-order valence-corrected chi connectivity index (χ0v) is 26.1. The Balaban J connectivity index is 1.57. The summed E-state index contributed by atoms with van der Waals surface area (Å²) in [6, 6.07) is 2.76. The number of likely N-dealkylation sites (tertiary alicyclic amines) is 1. The monoisotopic (exact) mass is 700 g/mol. The summed E-state index contributed by atoms with van der Waals surface area (Å²) >= 11 is 14.0. The number of alkyl halides is 2. The van der Waals surface area contributed by atoms with Gasteiger partial charge in [-0.1, -0.05) is 23.8 Å². The molecule has 2 heterocycles. The Morgan fingerprint density at radius 1 is 0.872 bits per heavy atom. The fraction of sp³-hybridized carbons (Fsp3) is 0.355. The molecule has 0 aromatic heterocycles. The molecule has 47 heavy (non-hydrogen) atoms. The first-order valence-electron chi connectivity index (χ1n) is 14.0. The number of anilines is 1. The topological polar surface area (TPSA) is 113 Å². The van der Waals surface area contributed by atoms with Crippen LogP contribution in [0.4, 0.5) is 27.6 Å². The number of aromatic hydroxyl groups is 1. The first-order chi connectivity index (χ1) is 22.1. The Labute approximate surface area is 273 Å². The number of hydrogen-bond acceptors (Lipinski definition) is 7. The van der Waals surface area contributed by atoms with Crippen molar-refractivity contribution < 1.29 is 55.7 Å². The number of phenolic OH excluding ortho intramolecular Hbond substituents is 1. The van der Waals surface area contributed by atoms with Crippen LogP contribution in [-0.4, -0.2) is 64.7 Å². The van der Waals surface area contributed by atoms with Crippen LogP contribution in [0.3, 0.4) is 0 Å². The molecule has 1 saturated carbocycles. The molecule has 2 aliphatic heterocycles. The van der Waals surface area contributed by atoms with Crippen LogP contribution >= 0.6 is 23.2 Å². The smallest absolute Gasteiger partial charge is 0.258 e. The average Bonchev–Trinajstić information content (AvgIpc) is 3.36. The maximum absolute atomic E-state index is 15.1. The van der Waals surface area contributed by atoms with Crippen LogP contribution in [0.15, 0.2) is 29.9 Å². The molecule has 1 N–H and O–H groups in total. The zero-order chi connectivity index (χ0) is 34.5. The van der Waals surface area contributed by atoms with E-state index in [1.807, 2.05) is 0 Å². The van der Waals surface area contributed by atoms with Crippen LogP contribution in [0.1, 0.15) is 18.4 Å². The summed E-state index contributed by atoms with van der Waals surface area (Å²) in [6.45, 7) is 0. The number of fused-ring (bicyclic) bond motifs is 4. The number of benzene rings is 2. The number of carbonyl (C=O) groups excluding carboxylic acids is 4.